The lowest BCUT2D eigenvalue weighted by Gasteiger charge is -2.24. The summed E-state index contributed by atoms with van der Waals surface area (Å²) in [7, 11) is 2.09. The van der Waals surface area contributed by atoms with Crippen LogP contribution in [0.4, 0.5) is 10.1 Å². The molecular formula is C30H32FN5O4. The Balaban J connectivity index is 1.36. The summed E-state index contributed by atoms with van der Waals surface area (Å²) in [6.45, 7) is 3.23. The summed E-state index contributed by atoms with van der Waals surface area (Å²) < 4.78 is 27.8. The summed E-state index contributed by atoms with van der Waals surface area (Å²) in [4.78, 5) is 38.8. The molecule has 7 rings (SSSR count). The standard InChI is InChI=1S/C30H32FN5O4/c1-34-9-2-3-21(34)17-40-27-15-25-23(14-22(27)30(38)35-10-6-19-13-20(31)4-5-24(19)35)33-29(37)26-16-32-28(36(25)26)18-7-11-39-12-8-18/h4-5,13-16,18,21H,2-3,6-12,17H2,1H3,(H,33,37)/t21-/m0/s1. The summed E-state index contributed by atoms with van der Waals surface area (Å²) in [5.74, 6) is 0.906. The van der Waals surface area contributed by atoms with Crippen molar-refractivity contribution in [1.29, 1.82) is 0 Å². The number of anilines is 1. The molecular weight excluding hydrogens is 513 g/mol. The van der Waals surface area contributed by atoms with E-state index in [0.29, 0.717) is 60.8 Å². The Morgan fingerprint density at radius 1 is 1.15 bits per heavy atom. The van der Waals surface area contributed by atoms with Crippen LogP contribution in [0.2, 0.25) is 0 Å². The maximum absolute atomic E-state index is 14.0. The zero-order chi connectivity index (χ0) is 27.4. The van der Waals surface area contributed by atoms with Crippen LogP contribution < -0.4 is 15.2 Å². The number of aromatic nitrogens is 3. The van der Waals surface area contributed by atoms with E-state index in [-0.39, 0.29) is 29.2 Å². The van der Waals surface area contributed by atoms with Gasteiger partial charge in [-0.05, 0) is 75.5 Å². The molecule has 1 N–H and O–H groups in total. The van der Waals surface area contributed by atoms with E-state index in [9.17, 15) is 14.0 Å². The molecule has 10 heteroatoms. The first-order chi connectivity index (χ1) is 19.5. The molecule has 9 nitrogen and oxygen atoms in total. The molecule has 208 valence electrons. The van der Waals surface area contributed by atoms with Crippen LogP contribution in [0.25, 0.3) is 16.6 Å². The van der Waals surface area contributed by atoms with Crippen molar-refractivity contribution < 1.29 is 18.7 Å². The van der Waals surface area contributed by atoms with Gasteiger partial charge in [-0.15, -0.1) is 0 Å². The van der Waals surface area contributed by atoms with E-state index >= 15 is 0 Å². The Hall–Kier alpha value is -3.76. The molecule has 3 aliphatic heterocycles. The second-order valence-corrected chi connectivity index (χ2v) is 11.1. The number of rotatable bonds is 5. The number of halogens is 1. The van der Waals surface area contributed by atoms with E-state index in [1.807, 2.05) is 10.5 Å². The van der Waals surface area contributed by atoms with Crippen molar-refractivity contribution in [3.63, 3.8) is 0 Å². The quantitative estimate of drug-likeness (QED) is 0.409. The van der Waals surface area contributed by atoms with Gasteiger partial charge >= 0.3 is 0 Å². The van der Waals surface area contributed by atoms with Gasteiger partial charge in [-0.25, -0.2) is 9.37 Å². The van der Waals surface area contributed by atoms with Crippen LogP contribution in [0.5, 0.6) is 5.75 Å². The highest BCUT2D eigenvalue weighted by atomic mass is 19.1. The number of nitrogens with zero attached hydrogens (tertiary/aromatic N) is 4. The molecule has 2 saturated heterocycles. The molecule has 40 heavy (non-hydrogen) atoms. The Labute approximate surface area is 230 Å². The van der Waals surface area contributed by atoms with Crippen molar-refractivity contribution in [3.8, 4) is 5.75 Å². The van der Waals surface area contributed by atoms with E-state index in [2.05, 4.69) is 21.9 Å². The van der Waals surface area contributed by atoms with Crippen LogP contribution in [0.1, 0.15) is 53.3 Å². The predicted molar refractivity (Wildman–Crippen MR) is 149 cm³/mol. The fraction of sp³-hybridized carbons (Fsp3) is 0.433. The molecule has 0 saturated carbocycles. The van der Waals surface area contributed by atoms with Gasteiger partial charge in [-0.3, -0.25) is 14.0 Å². The van der Waals surface area contributed by atoms with Gasteiger partial charge in [-0.2, -0.15) is 0 Å². The molecule has 0 bridgehead atoms. The molecule has 0 unspecified atom stereocenters. The third-order valence-electron chi connectivity index (χ3n) is 8.71. The molecule has 2 aromatic carbocycles. The molecule has 4 aromatic rings. The van der Waals surface area contributed by atoms with E-state index in [4.69, 9.17) is 9.47 Å². The lowest BCUT2D eigenvalue weighted by atomic mass is 9.99. The number of hydrogen-bond donors (Lipinski definition) is 1. The number of likely N-dealkylation sites (N-methyl/N-ethyl adjacent to an activating group) is 1. The number of likely N-dealkylation sites (tertiary alicyclic amines) is 1. The first kappa shape index (κ1) is 25.2. The van der Waals surface area contributed by atoms with Gasteiger partial charge < -0.3 is 24.3 Å². The minimum atomic E-state index is -0.314. The first-order valence-electron chi connectivity index (χ1n) is 14.1. The number of carbonyl (C=O) groups is 1. The van der Waals surface area contributed by atoms with Gasteiger partial charge in [0, 0.05) is 43.5 Å². The average molecular weight is 546 g/mol. The highest BCUT2D eigenvalue weighted by Crippen LogP contribution is 2.35. The Bertz CT molecular complexity index is 1670. The predicted octanol–water partition coefficient (Wildman–Crippen LogP) is 3.88. The van der Waals surface area contributed by atoms with Crippen LogP contribution in [0.15, 0.2) is 41.3 Å². The van der Waals surface area contributed by atoms with Crippen molar-refractivity contribution in [1.82, 2.24) is 19.3 Å². The van der Waals surface area contributed by atoms with Crippen molar-refractivity contribution in [2.24, 2.45) is 0 Å². The van der Waals surface area contributed by atoms with Crippen molar-refractivity contribution >= 4 is 28.1 Å². The van der Waals surface area contributed by atoms with E-state index < -0.39 is 0 Å². The molecule has 0 spiro atoms. The van der Waals surface area contributed by atoms with Crippen molar-refractivity contribution in [2.75, 3.05) is 44.9 Å². The van der Waals surface area contributed by atoms with Crippen molar-refractivity contribution in [3.05, 3.63) is 69.7 Å². The third kappa shape index (κ3) is 4.26. The smallest absolute Gasteiger partial charge is 0.274 e. The summed E-state index contributed by atoms with van der Waals surface area (Å²) in [6.07, 6.45) is 6.01. The maximum atomic E-state index is 14.0. The number of ether oxygens (including phenoxy) is 2. The fourth-order valence-corrected chi connectivity index (χ4v) is 6.45. The van der Waals surface area contributed by atoms with Crippen LogP contribution in [-0.4, -0.2) is 71.2 Å². The molecule has 0 radical (unpaired) electrons. The first-order valence-corrected chi connectivity index (χ1v) is 14.1. The number of aromatic amines is 1. The zero-order valence-corrected chi connectivity index (χ0v) is 22.5. The molecule has 3 aliphatic rings. The fourth-order valence-electron chi connectivity index (χ4n) is 6.45. The van der Waals surface area contributed by atoms with E-state index in [1.165, 1.54) is 12.1 Å². The maximum Gasteiger partial charge on any atom is 0.274 e. The summed E-state index contributed by atoms with van der Waals surface area (Å²) in [5, 5.41) is 0. The molecule has 0 aliphatic carbocycles. The highest BCUT2D eigenvalue weighted by Gasteiger charge is 2.30. The number of carbonyl (C=O) groups excluding carboxylic acids is 1. The number of nitrogens with one attached hydrogen (secondary N) is 1. The van der Waals surface area contributed by atoms with Gasteiger partial charge in [0.15, 0.2) is 0 Å². The summed E-state index contributed by atoms with van der Waals surface area (Å²) >= 11 is 0. The highest BCUT2D eigenvalue weighted by molar-refractivity contribution is 6.10. The van der Waals surface area contributed by atoms with Crippen LogP contribution in [-0.2, 0) is 11.2 Å². The second-order valence-electron chi connectivity index (χ2n) is 11.1. The van der Waals surface area contributed by atoms with E-state index in [0.717, 1.165) is 49.1 Å². The summed E-state index contributed by atoms with van der Waals surface area (Å²) in [6, 6.07) is 8.37. The average Bonchev–Trinajstić information content (AvgIpc) is 3.70. The molecule has 2 fully saturated rings. The summed E-state index contributed by atoms with van der Waals surface area (Å²) in [5.41, 5.74) is 3.35. The minimum absolute atomic E-state index is 0.167. The van der Waals surface area contributed by atoms with Gasteiger partial charge in [0.05, 0.1) is 22.8 Å². The van der Waals surface area contributed by atoms with Crippen LogP contribution >= 0.6 is 0 Å². The topological polar surface area (TPSA) is 92.2 Å². The normalized spacial score (nSPS) is 20.1. The van der Waals surface area contributed by atoms with Gasteiger partial charge in [-0.1, -0.05) is 0 Å². The molecule has 1 amide bonds. The molecule has 5 heterocycles. The Kier molecular flexibility index (Phi) is 6.31. The number of hydrogen-bond acceptors (Lipinski definition) is 6. The van der Waals surface area contributed by atoms with Crippen LogP contribution in [0, 0.1) is 5.82 Å². The lowest BCUT2D eigenvalue weighted by molar-refractivity contribution is 0.0835. The molecule has 1 atom stereocenters. The van der Waals surface area contributed by atoms with Crippen molar-refractivity contribution in [2.45, 2.75) is 44.1 Å². The van der Waals surface area contributed by atoms with Gasteiger partial charge in [0.25, 0.3) is 11.5 Å². The lowest BCUT2D eigenvalue weighted by Crippen LogP contribution is -2.32. The van der Waals surface area contributed by atoms with E-state index in [1.54, 1.807) is 23.2 Å². The zero-order valence-electron chi connectivity index (χ0n) is 22.5. The Morgan fingerprint density at radius 3 is 2.80 bits per heavy atom. The number of imidazole rings is 1. The third-order valence-corrected chi connectivity index (χ3v) is 8.71. The molecule has 2 aromatic heterocycles. The number of amides is 1. The van der Waals surface area contributed by atoms with Gasteiger partial charge in [0.2, 0.25) is 0 Å². The number of fused-ring (bicyclic) bond motifs is 4. The number of H-pyrrole nitrogens is 1. The second kappa shape index (κ2) is 10.0. The number of benzene rings is 2. The minimum Gasteiger partial charge on any atom is -0.491 e. The SMILES string of the molecule is CN1CCC[C@H]1COc1cc2c(cc1C(=O)N1CCc3cc(F)ccc31)[nH]c(=O)c1cnc(C3CCOCC3)n12. The Morgan fingerprint density at radius 2 is 2.00 bits per heavy atom. The van der Waals surface area contributed by atoms with Gasteiger partial charge in [0.1, 0.15) is 29.5 Å². The van der Waals surface area contributed by atoms with Crippen LogP contribution in [0.3, 0.4) is 0 Å². The monoisotopic (exact) mass is 545 g/mol. The largest absolute Gasteiger partial charge is 0.491 e.